The summed E-state index contributed by atoms with van der Waals surface area (Å²) < 4.78 is 0. The summed E-state index contributed by atoms with van der Waals surface area (Å²) in [5.74, 6) is -0.211. The lowest BCUT2D eigenvalue weighted by atomic mass is 10.0. The van der Waals surface area contributed by atoms with Crippen molar-refractivity contribution in [1.29, 1.82) is 0 Å². The number of hydrogen-bond donors (Lipinski definition) is 3. The van der Waals surface area contributed by atoms with E-state index in [1.54, 1.807) is 0 Å². The van der Waals surface area contributed by atoms with Gasteiger partial charge in [-0.3, -0.25) is 4.79 Å². The van der Waals surface area contributed by atoms with Crippen LogP contribution in [-0.4, -0.2) is 30.2 Å². The van der Waals surface area contributed by atoms with E-state index in [1.807, 2.05) is 0 Å². The second-order valence-electron chi connectivity index (χ2n) is 4.52. The number of rotatable bonds is 10. The Morgan fingerprint density at radius 1 is 1.06 bits per heavy atom. The van der Waals surface area contributed by atoms with Crippen LogP contribution in [0, 0.1) is 5.92 Å². The third kappa shape index (κ3) is 9.93. The lowest BCUT2D eigenvalue weighted by Crippen LogP contribution is -2.38. The zero-order valence-corrected chi connectivity index (χ0v) is 11.5. The number of carbonyl (C=O) groups is 2. The number of amides is 2. The van der Waals surface area contributed by atoms with Crippen LogP contribution in [0.3, 0.4) is 0 Å². The summed E-state index contributed by atoms with van der Waals surface area (Å²) in [4.78, 5) is 21.7. The fraction of sp³-hybridized carbons (Fsp3) is 0.846. The lowest BCUT2D eigenvalue weighted by Gasteiger charge is -2.13. The number of urea groups is 1. The Kier molecular flexibility index (Phi) is 10.1. The van der Waals surface area contributed by atoms with Gasteiger partial charge in [0.05, 0.1) is 0 Å². The Balaban J connectivity index is 3.39. The molecule has 5 heteroatoms. The van der Waals surface area contributed by atoms with Crippen LogP contribution in [0.4, 0.5) is 4.79 Å². The molecule has 0 aliphatic rings. The average Bonchev–Trinajstić information content (AvgIpc) is 2.34. The van der Waals surface area contributed by atoms with Gasteiger partial charge in [0.2, 0.25) is 0 Å². The summed E-state index contributed by atoms with van der Waals surface area (Å²) in [5.41, 5.74) is 0. The molecule has 0 aromatic heterocycles. The lowest BCUT2D eigenvalue weighted by molar-refractivity contribution is -0.137. The van der Waals surface area contributed by atoms with Crippen LogP contribution >= 0.6 is 0 Å². The molecule has 0 aliphatic carbocycles. The number of carbonyl (C=O) groups excluding carboxylic acids is 1. The van der Waals surface area contributed by atoms with Crippen LogP contribution in [0.1, 0.15) is 52.4 Å². The summed E-state index contributed by atoms with van der Waals surface area (Å²) in [6, 6.07) is -0.125. The van der Waals surface area contributed by atoms with Crippen molar-refractivity contribution >= 4 is 12.0 Å². The molecule has 0 saturated carbocycles. The number of unbranched alkanes of at least 4 members (excludes halogenated alkanes) is 2. The first-order chi connectivity index (χ1) is 8.60. The smallest absolute Gasteiger partial charge is 0.314 e. The standard InChI is InChI=1S/C13H26N2O3/c1-3-11(4-2)10-15-13(18)14-9-7-5-6-8-12(16)17/h11H,3-10H2,1-2H3,(H,16,17)(H2,14,15,18). The van der Waals surface area contributed by atoms with Crippen molar-refractivity contribution in [2.24, 2.45) is 5.92 Å². The Labute approximate surface area is 109 Å². The molecular formula is C13H26N2O3. The second kappa shape index (κ2) is 10.9. The molecule has 0 heterocycles. The van der Waals surface area contributed by atoms with Crippen LogP contribution in [0.5, 0.6) is 0 Å². The van der Waals surface area contributed by atoms with Gasteiger partial charge in [-0.2, -0.15) is 0 Å². The normalized spacial score (nSPS) is 10.4. The Morgan fingerprint density at radius 3 is 2.28 bits per heavy atom. The molecular weight excluding hydrogens is 232 g/mol. The van der Waals surface area contributed by atoms with Gasteiger partial charge >= 0.3 is 12.0 Å². The highest BCUT2D eigenvalue weighted by Crippen LogP contribution is 2.04. The molecule has 0 aromatic carbocycles. The minimum absolute atomic E-state index is 0.125. The van der Waals surface area contributed by atoms with Gasteiger partial charge < -0.3 is 15.7 Å². The first-order valence-corrected chi connectivity index (χ1v) is 6.83. The van der Waals surface area contributed by atoms with Gasteiger partial charge in [-0.1, -0.05) is 33.1 Å². The molecule has 0 fully saturated rings. The van der Waals surface area contributed by atoms with Crippen molar-refractivity contribution in [1.82, 2.24) is 10.6 Å². The van der Waals surface area contributed by atoms with Gasteiger partial charge in [0.15, 0.2) is 0 Å². The van der Waals surface area contributed by atoms with Crippen LogP contribution in [-0.2, 0) is 4.79 Å². The largest absolute Gasteiger partial charge is 0.481 e. The Hall–Kier alpha value is -1.26. The maximum absolute atomic E-state index is 11.4. The highest BCUT2D eigenvalue weighted by atomic mass is 16.4. The van der Waals surface area contributed by atoms with Crippen molar-refractivity contribution in [3.63, 3.8) is 0 Å². The zero-order chi connectivity index (χ0) is 13.8. The number of nitrogens with one attached hydrogen (secondary N) is 2. The fourth-order valence-corrected chi connectivity index (χ4v) is 1.66. The van der Waals surface area contributed by atoms with E-state index in [0.29, 0.717) is 18.9 Å². The van der Waals surface area contributed by atoms with Crippen molar-refractivity contribution < 1.29 is 14.7 Å². The quantitative estimate of drug-likeness (QED) is 0.526. The summed E-state index contributed by atoms with van der Waals surface area (Å²) in [5, 5.41) is 14.1. The molecule has 106 valence electrons. The van der Waals surface area contributed by atoms with Crippen LogP contribution in [0.2, 0.25) is 0 Å². The van der Waals surface area contributed by atoms with E-state index in [0.717, 1.165) is 32.2 Å². The summed E-state index contributed by atoms with van der Waals surface area (Å²) >= 11 is 0. The third-order valence-electron chi connectivity index (χ3n) is 3.06. The van der Waals surface area contributed by atoms with Gasteiger partial charge in [-0.25, -0.2) is 4.79 Å². The highest BCUT2D eigenvalue weighted by molar-refractivity contribution is 5.73. The summed E-state index contributed by atoms with van der Waals surface area (Å²) in [6.45, 7) is 5.57. The predicted octanol–water partition coefficient (Wildman–Crippen LogP) is 2.37. The van der Waals surface area contributed by atoms with Gasteiger partial charge in [0.25, 0.3) is 0 Å². The first-order valence-electron chi connectivity index (χ1n) is 6.83. The summed E-state index contributed by atoms with van der Waals surface area (Å²) in [7, 11) is 0. The Morgan fingerprint density at radius 2 is 1.72 bits per heavy atom. The molecule has 0 aromatic rings. The van der Waals surface area contributed by atoms with Crippen LogP contribution < -0.4 is 10.6 Å². The topological polar surface area (TPSA) is 78.4 Å². The van der Waals surface area contributed by atoms with E-state index in [4.69, 9.17) is 5.11 Å². The molecule has 0 bridgehead atoms. The second-order valence-corrected chi connectivity index (χ2v) is 4.52. The van der Waals surface area contributed by atoms with Crippen molar-refractivity contribution in [3.05, 3.63) is 0 Å². The molecule has 0 rings (SSSR count). The third-order valence-corrected chi connectivity index (χ3v) is 3.06. The molecule has 0 aliphatic heterocycles. The maximum atomic E-state index is 11.4. The van der Waals surface area contributed by atoms with Crippen LogP contribution in [0.25, 0.3) is 0 Å². The van der Waals surface area contributed by atoms with Gasteiger partial charge in [-0.15, -0.1) is 0 Å². The number of aliphatic carboxylic acids is 1. The summed E-state index contributed by atoms with van der Waals surface area (Å²) in [6.07, 6.45) is 4.69. The number of carboxylic acid groups (broad SMARTS) is 1. The van der Waals surface area contributed by atoms with E-state index in [2.05, 4.69) is 24.5 Å². The van der Waals surface area contributed by atoms with E-state index in [9.17, 15) is 9.59 Å². The van der Waals surface area contributed by atoms with E-state index in [-0.39, 0.29) is 12.5 Å². The van der Waals surface area contributed by atoms with E-state index >= 15 is 0 Å². The molecule has 18 heavy (non-hydrogen) atoms. The minimum atomic E-state index is -0.758. The van der Waals surface area contributed by atoms with Gasteiger partial charge in [0, 0.05) is 19.5 Å². The van der Waals surface area contributed by atoms with E-state index in [1.165, 1.54) is 0 Å². The van der Waals surface area contributed by atoms with E-state index < -0.39 is 5.97 Å². The molecule has 0 saturated heterocycles. The zero-order valence-electron chi connectivity index (χ0n) is 11.5. The molecule has 0 unspecified atom stereocenters. The molecule has 0 spiro atoms. The molecule has 5 nitrogen and oxygen atoms in total. The first kappa shape index (κ1) is 16.7. The van der Waals surface area contributed by atoms with Crippen molar-refractivity contribution in [2.45, 2.75) is 52.4 Å². The minimum Gasteiger partial charge on any atom is -0.481 e. The van der Waals surface area contributed by atoms with Crippen LogP contribution in [0.15, 0.2) is 0 Å². The van der Waals surface area contributed by atoms with Crippen molar-refractivity contribution in [2.75, 3.05) is 13.1 Å². The van der Waals surface area contributed by atoms with Gasteiger partial charge in [-0.05, 0) is 18.8 Å². The Bertz CT molecular complexity index is 240. The predicted molar refractivity (Wildman–Crippen MR) is 71.6 cm³/mol. The molecule has 0 radical (unpaired) electrons. The average molecular weight is 258 g/mol. The van der Waals surface area contributed by atoms with Crippen molar-refractivity contribution in [3.8, 4) is 0 Å². The molecule has 0 atom stereocenters. The SMILES string of the molecule is CCC(CC)CNC(=O)NCCCCCC(=O)O. The van der Waals surface area contributed by atoms with Gasteiger partial charge in [0.1, 0.15) is 0 Å². The molecule has 3 N–H and O–H groups in total. The monoisotopic (exact) mass is 258 g/mol. The highest BCUT2D eigenvalue weighted by Gasteiger charge is 2.05. The molecule has 2 amide bonds. The fourth-order valence-electron chi connectivity index (χ4n) is 1.66. The maximum Gasteiger partial charge on any atom is 0.314 e. The number of hydrogen-bond acceptors (Lipinski definition) is 2. The number of carboxylic acids is 1.